The number of piperazine rings is 1. The molecule has 1 saturated heterocycles. The van der Waals surface area contributed by atoms with E-state index in [4.69, 9.17) is 20.2 Å². The molecule has 0 atom stereocenters. The van der Waals surface area contributed by atoms with Crippen molar-refractivity contribution in [3.05, 3.63) is 6.07 Å². The molecule has 0 radical (unpaired) electrons. The summed E-state index contributed by atoms with van der Waals surface area (Å²) in [6.45, 7) is 17.7. The summed E-state index contributed by atoms with van der Waals surface area (Å²) >= 11 is 0. The molecule has 2 saturated carbocycles. The molecule has 12 nitrogen and oxygen atoms in total. The van der Waals surface area contributed by atoms with Gasteiger partial charge in [0.2, 0.25) is 5.95 Å². The van der Waals surface area contributed by atoms with Crippen LogP contribution >= 0.6 is 0 Å². The topological polar surface area (TPSA) is 138 Å². The van der Waals surface area contributed by atoms with Crippen molar-refractivity contribution in [2.45, 2.75) is 123 Å². The van der Waals surface area contributed by atoms with Gasteiger partial charge in [0.05, 0.1) is 0 Å². The molecule has 4 rings (SSSR count). The molecule has 3 fully saturated rings. The molecule has 47 heavy (non-hydrogen) atoms. The average molecular weight is 659 g/mol. The van der Waals surface area contributed by atoms with Crippen LogP contribution in [0.15, 0.2) is 6.07 Å². The molecule has 2 heterocycles. The summed E-state index contributed by atoms with van der Waals surface area (Å²) in [5.74, 6) is 2.86. The number of anilines is 3. The predicted molar refractivity (Wildman–Crippen MR) is 188 cm³/mol. The summed E-state index contributed by atoms with van der Waals surface area (Å²) in [5.41, 5.74) is 5.01. The normalized spacial score (nSPS) is 21.2. The lowest BCUT2D eigenvalue weighted by molar-refractivity contribution is 0.00904. The fourth-order valence-corrected chi connectivity index (χ4v) is 6.90. The number of nitrogens with one attached hydrogen (secondary N) is 2. The number of rotatable bonds is 11. The fourth-order valence-electron chi connectivity index (χ4n) is 6.90. The highest BCUT2D eigenvalue weighted by molar-refractivity contribution is 5.69. The number of nitrogen functional groups attached to an aromatic ring is 1. The van der Waals surface area contributed by atoms with Gasteiger partial charge in [0.25, 0.3) is 0 Å². The number of hydrogen-bond donors (Lipinski definition) is 3. The molecule has 1 aliphatic heterocycles. The maximum absolute atomic E-state index is 13.4. The zero-order valence-electron chi connectivity index (χ0n) is 30.0. The molecule has 12 heteroatoms. The van der Waals surface area contributed by atoms with Gasteiger partial charge in [-0.25, -0.2) is 9.59 Å². The molecule has 0 unspecified atom stereocenters. The summed E-state index contributed by atoms with van der Waals surface area (Å²) < 4.78 is 11.6. The Balaban J connectivity index is 1.30. The van der Waals surface area contributed by atoms with Crippen LogP contribution in [0.25, 0.3) is 0 Å². The van der Waals surface area contributed by atoms with Crippen LogP contribution in [0.4, 0.5) is 27.2 Å². The van der Waals surface area contributed by atoms with Crippen LogP contribution in [0, 0.1) is 11.8 Å². The third kappa shape index (κ3) is 12.5. The van der Waals surface area contributed by atoms with Crippen LogP contribution < -0.4 is 21.3 Å². The monoisotopic (exact) mass is 658 g/mol. The van der Waals surface area contributed by atoms with Crippen molar-refractivity contribution in [2.24, 2.45) is 11.8 Å². The second-order valence-electron chi connectivity index (χ2n) is 15.7. The smallest absolute Gasteiger partial charge is 0.410 e. The Morgan fingerprint density at radius 2 is 1.51 bits per heavy atom. The molecular weight excluding hydrogens is 596 g/mol. The Morgan fingerprint density at radius 3 is 2.15 bits per heavy atom. The van der Waals surface area contributed by atoms with Crippen molar-refractivity contribution in [3.63, 3.8) is 0 Å². The second-order valence-corrected chi connectivity index (χ2v) is 15.7. The first-order valence-electron chi connectivity index (χ1n) is 18.1. The fraction of sp³-hybridized carbons (Fsp3) is 0.829. The van der Waals surface area contributed by atoms with Gasteiger partial charge in [-0.05, 0) is 98.3 Å². The average Bonchev–Trinajstić information content (AvgIpc) is 3.01. The van der Waals surface area contributed by atoms with Crippen LogP contribution in [0.2, 0.25) is 0 Å². The number of nitrogens with zero attached hydrogens (tertiary/aromatic N) is 5. The SMILES string of the molecule is CC(C)(C)OC(=O)N(CCCN(C(=O)OC(C)(C)C)C1CCCCC1)CC1CCC(CNc2nc(N)cc(N3CCNCC3)n2)CC1. The summed E-state index contributed by atoms with van der Waals surface area (Å²) in [6, 6.07) is 2.05. The molecule has 2 aliphatic carbocycles. The van der Waals surface area contributed by atoms with Crippen molar-refractivity contribution in [3.8, 4) is 0 Å². The molecule has 1 aromatic heterocycles. The zero-order chi connectivity index (χ0) is 34.0. The first kappa shape index (κ1) is 36.8. The molecule has 0 bridgehead atoms. The molecule has 3 aliphatic rings. The van der Waals surface area contributed by atoms with E-state index in [0.717, 1.165) is 89.9 Å². The standard InChI is InChI=1S/C35H62N8O4/c1-34(2,3)46-32(44)42(19-10-20-43(28-11-8-7-9-12-28)33(45)47-35(4,5)6)25-27-15-13-26(14-16-27)24-38-31-39-29(36)23-30(40-31)41-21-17-37-18-22-41/h23,26-28,37H,7-22,24-25H2,1-6H3,(H3,36,38,39,40). The highest BCUT2D eigenvalue weighted by Crippen LogP contribution is 2.31. The molecule has 1 aromatic rings. The van der Waals surface area contributed by atoms with Crippen molar-refractivity contribution in [2.75, 3.05) is 68.3 Å². The van der Waals surface area contributed by atoms with Gasteiger partial charge < -0.3 is 40.5 Å². The molecule has 266 valence electrons. The van der Waals surface area contributed by atoms with Crippen molar-refractivity contribution in [1.82, 2.24) is 25.1 Å². The maximum atomic E-state index is 13.4. The van der Waals surface area contributed by atoms with Crippen LogP contribution in [0.5, 0.6) is 0 Å². The number of nitrogens with two attached hydrogens (primary N) is 1. The maximum Gasteiger partial charge on any atom is 0.410 e. The summed E-state index contributed by atoms with van der Waals surface area (Å²) in [7, 11) is 0. The summed E-state index contributed by atoms with van der Waals surface area (Å²) in [6.07, 6.45) is 9.89. The van der Waals surface area contributed by atoms with Crippen molar-refractivity contribution >= 4 is 29.8 Å². The first-order valence-corrected chi connectivity index (χ1v) is 18.1. The van der Waals surface area contributed by atoms with E-state index in [1.165, 1.54) is 6.42 Å². The van der Waals surface area contributed by atoms with Gasteiger partial charge in [-0.3, -0.25) is 0 Å². The lowest BCUT2D eigenvalue weighted by atomic mass is 9.81. The highest BCUT2D eigenvalue weighted by Gasteiger charge is 2.31. The Kier molecular flexibility index (Phi) is 13.2. The molecular formula is C35H62N8O4. The van der Waals surface area contributed by atoms with E-state index in [9.17, 15) is 9.59 Å². The summed E-state index contributed by atoms with van der Waals surface area (Å²) in [5, 5.41) is 6.82. The number of carbonyl (C=O) groups excluding carboxylic acids is 2. The van der Waals surface area contributed by atoms with Gasteiger partial charge >= 0.3 is 12.2 Å². The number of carbonyl (C=O) groups is 2. The Morgan fingerprint density at radius 1 is 0.894 bits per heavy atom. The van der Waals surface area contributed by atoms with Crippen molar-refractivity contribution < 1.29 is 19.1 Å². The third-order valence-electron chi connectivity index (χ3n) is 9.29. The van der Waals surface area contributed by atoms with Gasteiger partial charge in [-0.2, -0.15) is 9.97 Å². The quantitative estimate of drug-likeness (QED) is 0.264. The van der Waals surface area contributed by atoms with E-state index in [1.54, 1.807) is 0 Å². The van der Waals surface area contributed by atoms with E-state index < -0.39 is 11.2 Å². The lowest BCUT2D eigenvalue weighted by Gasteiger charge is -2.37. The predicted octanol–water partition coefficient (Wildman–Crippen LogP) is 5.88. The number of amides is 2. The van der Waals surface area contributed by atoms with Gasteiger partial charge in [-0.15, -0.1) is 0 Å². The zero-order valence-corrected chi connectivity index (χ0v) is 30.0. The Labute approximate surface area is 282 Å². The molecule has 0 aromatic carbocycles. The van der Waals surface area contributed by atoms with Gasteiger partial charge in [0, 0.05) is 64.5 Å². The number of hydrogen-bond acceptors (Lipinski definition) is 10. The van der Waals surface area contributed by atoms with E-state index in [2.05, 4.69) is 20.5 Å². The minimum atomic E-state index is -0.572. The number of aromatic nitrogens is 2. The van der Waals surface area contributed by atoms with Crippen LogP contribution in [0.3, 0.4) is 0 Å². The van der Waals surface area contributed by atoms with E-state index in [0.29, 0.717) is 49.7 Å². The minimum absolute atomic E-state index is 0.198. The van der Waals surface area contributed by atoms with Crippen LogP contribution in [0.1, 0.15) is 106 Å². The van der Waals surface area contributed by atoms with Gasteiger partial charge in [0.15, 0.2) is 0 Å². The van der Waals surface area contributed by atoms with E-state index >= 15 is 0 Å². The van der Waals surface area contributed by atoms with Crippen molar-refractivity contribution in [1.29, 1.82) is 0 Å². The first-order chi connectivity index (χ1) is 22.3. The second kappa shape index (κ2) is 16.9. The number of ether oxygens (including phenoxy) is 2. The largest absolute Gasteiger partial charge is 0.444 e. The Bertz CT molecular complexity index is 1130. The molecule has 0 spiro atoms. The van der Waals surface area contributed by atoms with E-state index in [1.807, 2.05) is 57.4 Å². The van der Waals surface area contributed by atoms with Gasteiger partial charge in [-0.1, -0.05) is 19.3 Å². The van der Waals surface area contributed by atoms with Crippen LogP contribution in [-0.2, 0) is 9.47 Å². The van der Waals surface area contributed by atoms with E-state index in [-0.39, 0.29) is 18.2 Å². The lowest BCUT2D eigenvalue weighted by Crippen LogP contribution is -2.46. The van der Waals surface area contributed by atoms with Crippen LogP contribution in [-0.4, -0.2) is 102 Å². The third-order valence-corrected chi connectivity index (χ3v) is 9.29. The molecule has 4 N–H and O–H groups in total. The minimum Gasteiger partial charge on any atom is -0.444 e. The summed E-state index contributed by atoms with van der Waals surface area (Å²) in [4.78, 5) is 41.8. The molecule has 2 amide bonds. The highest BCUT2D eigenvalue weighted by atomic mass is 16.6. The van der Waals surface area contributed by atoms with Gasteiger partial charge in [0.1, 0.15) is 22.8 Å². The Hall–Kier alpha value is -3.02.